The molecule has 135 valence electrons. The van der Waals surface area contributed by atoms with Gasteiger partial charge in [0.1, 0.15) is 6.23 Å². The maximum atomic E-state index is 6.26. The van der Waals surface area contributed by atoms with Crippen molar-refractivity contribution >= 4 is 13.1 Å². The highest BCUT2D eigenvalue weighted by atomic mass is 16.5. The topological polar surface area (TPSA) is 36.3 Å². The quantitative estimate of drug-likeness (QED) is 0.501. The maximum Gasteiger partial charge on any atom is 0.350 e. The van der Waals surface area contributed by atoms with Gasteiger partial charge in [0.25, 0.3) is 0 Å². The fourth-order valence-corrected chi connectivity index (χ4v) is 3.08. The van der Waals surface area contributed by atoms with E-state index in [0.29, 0.717) is 0 Å². The van der Waals surface area contributed by atoms with Crippen LogP contribution in [0, 0.1) is 5.41 Å². The van der Waals surface area contributed by atoms with Crippen LogP contribution in [0.15, 0.2) is 12.5 Å². The van der Waals surface area contributed by atoms with E-state index in [9.17, 15) is 0 Å². The van der Waals surface area contributed by atoms with Gasteiger partial charge in [0.15, 0.2) is 0 Å². The number of nitrogens with zero attached hydrogens (tertiary/aromatic N) is 2. The number of ether oxygens (including phenoxy) is 1. The first kappa shape index (κ1) is 19.5. The van der Waals surface area contributed by atoms with Gasteiger partial charge in [-0.1, -0.05) is 40.0 Å². The highest BCUT2D eigenvalue weighted by Crippen LogP contribution is 2.38. The zero-order valence-electron chi connectivity index (χ0n) is 16.2. The van der Waals surface area contributed by atoms with Crippen LogP contribution in [-0.2, 0) is 9.39 Å². The Bertz CT molecular complexity index is 493. The number of unbranched alkanes of at least 4 members (excludes halogenated alkanes) is 2. The Labute approximate surface area is 148 Å². The zero-order valence-corrected chi connectivity index (χ0v) is 16.2. The molecule has 0 amide bonds. The normalized spacial score (nSPS) is 19.5. The number of aromatic nitrogens is 2. The molecule has 0 spiro atoms. The van der Waals surface area contributed by atoms with E-state index in [1.807, 2.05) is 20.0 Å². The van der Waals surface area contributed by atoms with E-state index in [-0.39, 0.29) is 17.2 Å². The first-order valence-corrected chi connectivity index (χ1v) is 9.52. The average Bonchev–Trinajstić information content (AvgIpc) is 3.02. The van der Waals surface area contributed by atoms with Gasteiger partial charge in [-0.15, -0.1) is 0 Å². The van der Waals surface area contributed by atoms with Crippen LogP contribution in [0.4, 0.5) is 0 Å². The van der Waals surface area contributed by atoms with Crippen molar-refractivity contribution in [1.29, 1.82) is 0 Å². The molecule has 24 heavy (non-hydrogen) atoms. The second-order valence-corrected chi connectivity index (χ2v) is 8.13. The Morgan fingerprint density at radius 1 is 1.29 bits per heavy atom. The Hall–Kier alpha value is -0.805. The number of imidazole rings is 1. The van der Waals surface area contributed by atoms with E-state index in [1.165, 1.54) is 32.1 Å². The molecule has 1 aliphatic rings. The van der Waals surface area contributed by atoms with Gasteiger partial charge < -0.3 is 14.0 Å². The standard InChI is InChI=1S/C19H34BN2O2/c1-6-7-9-12-18(2,3)19(4,5)24-20-16-14-21-15-22(16)17-11-8-10-13-23-17/h14-15,17H,6-13H2,1-5H3. The number of rotatable bonds is 9. The molecule has 5 heteroatoms. The summed E-state index contributed by atoms with van der Waals surface area (Å²) in [6.45, 7) is 12.1. The molecule has 0 bridgehead atoms. The lowest BCUT2D eigenvalue weighted by Crippen LogP contribution is -2.45. The average molecular weight is 333 g/mol. The van der Waals surface area contributed by atoms with Crippen LogP contribution in [0.3, 0.4) is 0 Å². The van der Waals surface area contributed by atoms with Crippen LogP contribution < -0.4 is 5.59 Å². The molecule has 1 aromatic rings. The maximum absolute atomic E-state index is 6.26. The molecule has 1 unspecified atom stereocenters. The van der Waals surface area contributed by atoms with Crippen LogP contribution >= 0.6 is 0 Å². The van der Waals surface area contributed by atoms with Gasteiger partial charge in [0.05, 0.1) is 11.9 Å². The van der Waals surface area contributed by atoms with Gasteiger partial charge in [-0.25, -0.2) is 4.98 Å². The molecule has 1 aliphatic heterocycles. The molecule has 1 aromatic heterocycles. The summed E-state index contributed by atoms with van der Waals surface area (Å²) in [5.41, 5.74) is 0.869. The summed E-state index contributed by atoms with van der Waals surface area (Å²) in [6, 6.07) is 0. The van der Waals surface area contributed by atoms with E-state index in [4.69, 9.17) is 9.39 Å². The van der Waals surface area contributed by atoms with Crippen molar-refractivity contribution in [3.63, 3.8) is 0 Å². The lowest BCUT2D eigenvalue weighted by Gasteiger charge is -2.42. The van der Waals surface area contributed by atoms with Gasteiger partial charge in [-0.05, 0) is 44.9 Å². The molecule has 0 aromatic carbocycles. The van der Waals surface area contributed by atoms with Crippen molar-refractivity contribution in [3.05, 3.63) is 12.5 Å². The molecule has 1 atom stereocenters. The van der Waals surface area contributed by atoms with Crippen molar-refractivity contribution in [2.75, 3.05) is 6.61 Å². The van der Waals surface area contributed by atoms with Crippen molar-refractivity contribution in [1.82, 2.24) is 9.55 Å². The third kappa shape index (κ3) is 4.86. The first-order chi connectivity index (χ1) is 11.4. The fourth-order valence-electron chi connectivity index (χ4n) is 3.08. The van der Waals surface area contributed by atoms with Gasteiger partial charge in [-0.2, -0.15) is 0 Å². The SMILES string of the molecule is CCCCCC(C)(C)C(C)(C)O[B]c1cncn1C1CCCCO1. The third-order valence-corrected chi connectivity index (χ3v) is 5.67. The van der Waals surface area contributed by atoms with Crippen molar-refractivity contribution in [2.24, 2.45) is 5.41 Å². The van der Waals surface area contributed by atoms with Crippen LogP contribution in [0.1, 0.15) is 85.8 Å². The summed E-state index contributed by atoms with van der Waals surface area (Å²) >= 11 is 0. The van der Waals surface area contributed by atoms with E-state index in [2.05, 4.69) is 44.2 Å². The van der Waals surface area contributed by atoms with Crippen LogP contribution in [0.2, 0.25) is 0 Å². The highest BCUT2D eigenvalue weighted by Gasteiger charge is 2.37. The van der Waals surface area contributed by atoms with Crippen molar-refractivity contribution in [2.45, 2.75) is 91.4 Å². The molecule has 4 nitrogen and oxygen atoms in total. The molecule has 2 heterocycles. The molecule has 1 radical (unpaired) electrons. The lowest BCUT2D eigenvalue weighted by atomic mass is 9.72. The minimum Gasteiger partial charge on any atom is -0.427 e. The van der Waals surface area contributed by atoms with Gasteiger partial charge >= 0.3 is 7.48 Å². The second kappa shape index (κ2) is 8.53. The number of hydrogen-bond acceptors (Lipinski definition) is 3. The van der Waals surface area contributed by atoms with Gasteiger partial charge in [0, 0.05) is 18.4 Å². The number of hydrogen-bond donors (Lipinski definition) is 0. The second-order valence-electron chi connectivity index (χ2n) is 8.13. The van der Waals surface area contributed by atoms with E-state index < -0.39 is 0 Å². The summed E-state index contributed by atoms with van der Waals surface area (Å²) in [5, 5.41) is 0. The van der Waals surface area contributed by atoms with Crippen LogP contribution in [-0.4, -0.2) is 29.2 Å². The fraction of sp³-hybridized carbons (Fsp3) is 0.842. The molecule has 0 N–H and O–H groups in total. The van der Waals surface area contributed by atoms with Crippen LogP contribution in [0.25, 0.3) is 0 Å². The Morgan fingerprint density at radius 3 is 2.75 bits per heavy atom. The molecule has 0 saturated carbocycles. The van der Waals surface area contributed by atoms with Crippen molar-refractivity contribution in [3.8, 4) is 0 Å². The monoisotopic (exact) mass is 333 g/mol. The molecule has 1 saturated heterocycles. The van der Waals surface area contributed by atoms with Crippen molar-refractivity contribution < 1.29 is 9.39 Å². The summed E-state index contributed by atoms with van der Waals surface area (Å²) in [5.74, 6) is 0. The minimum absolute atomic E-state index is 0.0942. The van der Waals surface area contributed by atoms with E-state index in [0.717, 1.165) is 25.0 Å². The Balaban J connectivity index is 1.95. The summed E-state index contributed by atoms with van der Waals surface area (Å²) in [7, 11) is 1.87. The van der Waals surface area contributed by atoms with Gasteiger partial charge in [-0.3, -0.25) is 0 Å². The molecule has 2 rings (SSSR count). The Morgan fingerprint density at radius 2 is 2.08 bits per heavy atom. The third-order valence-electron chi connectivity index (χ3n) is 5.67. The predicted molar refractivity (Wildman–Crippen MR) is 99.5 cm³/mol. The zero-order chi connectivity index (χ0) is 17.6. The highest BCUT2D eigenvalue weighted by molar-refractivity contribution is 6.45. The largest absolute Gasteiger partial charge is 0.427 e. The van der Waals surface area contributed by atoms with Crippen LogP contribution in [0.5, 0.6) is 0 Å². The molecule has 1 fully saturated rings. The summed E-state index contributed by atoms with van der Waals surface area (Å²) < 4.78 is 14.2. The molecule has 0 aliphatic carbocycles. The smallest absolute Gasteiger partial charge is 0.350 e. The van der Waals surface area contributed by atoms with Gasteiger partial charge in [0.2, 0.25) is 0 Å². The lowest BCUT2D eigenvalue weighted by molar-refractivity contribution is -0.0318. The van der Waals surface area contributed by atoms with E-state index >= 15 is 0 Å². The molecular formula is C19H34BN2O2. The summed E-state index contributed by atoms with van der Waals surface area (Å²) in [4.78, 5) is 4.29. The first-order valence-electron chi connectivity index (χ1n) is 9.52. The summed E-state index contributed by atoms with van der Waals surface area (Å²) in [6.07, 6.45) is 12.2. The predicted octanol–water partition coefficient (Wildman–Crippen LogP) is 4.23. The Kier molecular flexibility index (Phi) is 6.93. The molecular weight excluding hydrogens is 299 g/mol. The minimum atomic E-state index is -0.233. The van der Waals surface area contributed by atoms with E-state index in [1.54, 1.807) is 0 Å².